The van der Waals surface area contributed by atoms with E-state index >= 15 is 0 Å². The Morgan fingerprint density at radius 3 is 2.10 bits per heavy atom. The Bertz CT molecular complexity index is 534. The number of amides is 1. The van der Waals surface area contributed by atoms with Gasteiger partial charge in [-0.3, -0.25) is 4.79 Å². The summed E-state index contributed by atoms with van der Waals surface area (Å²) in [6, 6.07) is 5.49. The molecule has 0 aromatic heterocycles. The Labute approximate surface area is 147 Å². The molecule has 2 rings (SSSR count). The summed E-state index contributed by atoms with van der Waals surface area (Å²) in [7, 11) is 0. The van der Waals surface area contributed by atoms with Crippen molar-refractivity contribution in [2.45, 2.75) is 44.1 Å². The van der Waals surface area contributed by atoms with Gasteiger partial charge in [0.15, 0.2) is 0 Å². The van der Waals surface area contributed by atoms with Gasteiger partial charge in [0.2, 0.25) is 0 Å². The molecule has 114 valence electrons. The fourth-order valence-corrected chi connectivity index (χ4v) is 4.29. The summed E-state index contributed by atoms with van der Waals surface area (Å²) in [5, 5.41) is 3.10. The number of benzene rings is 1. The molecule has 6 heteroatoms. The molecule has 0 radical (unpaired) electrons. The van der Waals surface area contributed by atoms with Crippen LogP contribution in [0.1, 0.15) is 48.9 Å². The molecule has 0 atom stereocenters. The van der Waals surface area contributed by atoms with Crippen molar-refractivity contribution in [3.63, 3.8) is 0 Å². The smallest absolute Gasteiger partial charge is 0.252 e. The summed E-state index contributed by atoms with van der Waals surface area (Å²) in [6.45, 7) is 0. The van der Waals surface area contributed by atoms with Gasteiger partial charge in [-0.05, 0) is 31.0 Å². The third-order valence-electron chi connectivity index (χ3n) is 3.91. The Morgan fingerprint density at radius 1 is 1.10 bits per heavy atom. The Balaban J connectivity index is 2.23. The van der Waals surface area contributed by atoms with Crippen molar-refractivity contribution in [3.05, 3.63) is 32.7 Å². The van der Waals surface area contributed by atoms with Gasteiger partial charge in [0.25, 0.3) is 5.91 Å². The summed E-state index contributed by atoms with van der Waals surface area (Å²) < 4.78 is 1.71. The van der Waals surface area contributed by atoms with Gasteiger partial charge in [0.1, 0.15) is 0 Å². The minimum absolute atomic E-state index is 0.133. The van der Waals surface area contributed by atoms with Gasteiger partial charge < -0.3 is 11.1 Å². The number of hydrogen-bond acceptors (Lipinski definition) is 2. The number of halogens is 2. The molecular weight excluding hydrogens is 416 g/mol. The van der Waals surface area contributed by atoms with Crippen LogP contribution in [0.3, 0.4) is 0 Å². The second-order valence-electron chi connectivity index (χ2n) is 5.47. The van der Waals surface area contributed by atoms with Crippen LogP contribution in [0.4, 0.5) is 0 Å². The van der Waals surface area contributed by atoms with Crippen LogP contribution in [-0.2, 0) is 0 Å². The van der Waals surface area contributed by atoms with Crippen LogP contribution >= 0.6 is 44.1 Å². The lowest BCUT2D eigenvalue weighted by molar-refractivity contribution is 0.0917. The van der Waals surface area contributed by atoms with Crippen LogP contribution in [-0.4, -0.2) is 16.4 Å². The average Bonchev–Trinajstić information content (AvgIpc) is 2.64. The quantitative estimate of drug-likeness (QED) is 0.551. The summed E-state index contributed by atoms with van der Waals surface area (Å²) in [4.78, 5) is 13.0. The number of carbonyl (C=O) groups is 1. The van der Waals surface area contributed by atoms with Crippen molar-refractivity contribution in [2.75, 3.05) is 0 Å². The number of rotatable bonds is 3. The number of nitrogens with one attached hydrogen (secondary N) is 1. The normalized spacial score (nSPS) is 17.8. The van der Waals surface area contributed by atoms with Gasteiger partial charge in [-0.1, -0.05) is 69.8 Å². The van der Waals surface area contributed by atoms with Gasteiger partial charge in [0.05, 0.1) is 10.5 Å². The second kappa shape index (κ2) is 7.20. The van der Waals surface area contributed by atoms with Crippen molar-refractivity contribution < 1.29 is 4.79 Å². The van der Waals surface area contributed by atoms with E-state index in [1.807, 2.05) is 6.07 Å². The molecule has 1 aromatic carbocycles. The predicted octanol–water partition coefficient (Wildman–Crippen LogP) is 4.32. The van der Waals surface area contributed by atoms with Gasteiger partial charge in [-0.15, -0.1) is 0 Å². The first-order valence-corrected chi connectivity index (χ1v) is 9.01. The van der Waals surface area contributed by atoms with Gasteiger partial charge in [-0.25, -0.2) is 0 Å². The lowest BCUT2D eigenvalue weighted by Gasteiger charge is -2.33. The molecule has 0 aliphatic heterocycles. The minimum atomic E-state index is -0.544. The maximum atomic E-state index is 12.6. The van der Waals surface area contributed by atoms with E-state index < -0.39 is 5.54 Å². The van der Waals surface area contributed by atoms with E-state index in [2.05, 4.69) is 37.2 Å². The molecule has 0 unspecified atom stereocenters. The molecule has 3 nitrogen and oxygen atoms in total. The highest BCUT2D eigenvalue weighted by atomic mass is 79.9. The standard InChI is InChI=1S/C15H18Br2N2OS/c16-11-7-10(8-12(17)9-11)13(20)19-15(14(18)21)5-3-1-2-4-6-15/h7-9H,1-6H2,(H2,18,21)(H,19,20). The number of nitrogens with two attached hydrogens (primary N) is 1. The van der Waals surface area contributed by atoms with E-state index in [0.717, 1.165) is 34.6 Å². The summed E-state index contributed by atoms with van der Waals surface area (Å²) in [6.07, 6.45) is 6.07. The molecule has 0 saturated heterocycles. The largest absolute Gasteiger partial charge is 0.391 e. The average molecular weight is 434 g/mol. The zero-order valence-electron chi connectivity index (χ0n) is 11.6. The molecule has 1 saturated carbocycles. The molecule has 1 aliphatic rings. The minimum Gasteiger partial charge on any atom is -0.391 e. The highest BCUT2D eigenvalue weighted by molar-refractivity contribution is 9.11. The van der Waals surface area contributed by atoms with Crippen LogP contribution in [0.2, 0.25) is 0 Å². The number of hydrogen-bond donors (Lipinski definition) is 2. The fraction of sp³-hybridized carbons (Fsp3) is 0.467. The highest BCUT2D eigenvalue weighted by Gasteiger charge is 2.35. The maximum absolute atomic E-state index is 12.6. The molecule has 21 heavy (non-hydrogen) atoms. The van der Waals surface area contributed by atoms with Crippen LogP contribution in [0.15, 0.2) is 27.1 Å². The first kappa shape index (κ1) is 16.9. The van der Waals surface area contributed by atoms with E-state index in [1.54, 1.807) is 12.1 Å². The van der Waals surface area contributed by atoms with E-state index in [1.165, 1.54) is 12.8 Å². The molecule has 0 bridgehead atoms. The Morgan fingerprint density at radius 2 is 1.62 bits per heavy atom. The summed E-state index contributed by atoms with van der Waals surface area (Å²) in [5.74, 6) is -0.133. The molecule has 1 aromatic rings. The molecular formula is C15H18Br2N2OS. The molecule has 0 heterocycles. The first-order valence-electron chi connectivity index (χ1n) is 7.01. The van der Waals surface area contributed by atoms with E-state index in [0.29, 0.717) is 10.6 Å². The molecule has 1 aliphatic carbocycles. The third-order valence-corrected chi connectivity index (χ3v) is 5.21. The van der Waals surface area contributed by atoms with Gasteiger partial charge in [-0.2, -0.15) is 0 Å². The van der Waals surface area contributed by atoms with Crippen LogP contribution in [0.25, 0.3) is 0 Å². The maximum Gasteiger partial charge on any atom is 0.252 e. The van der Waals surface area contributed by atoms with E-state index in [-0.39, 0.29) is 5.91 Å². The van der Waals surface area contributed by atoms with Crippen LogP contribution < -0.4 is 11.1 Å². The second-order valence-corrected chi connectivity index (χ2v) is 7.74. The predicted molar refractivity (Wildman–Crippen MR) is 96.5 cm³/mol. The van der Waals surface area contributed by atoms with Crippen molar-refractivity contribution >= 4 is 55.0 Å². The zero-order chi connectivity index (χ0) is 15.5. The first-order chi connectivity index (χ1) is 9.93. The van der Waals surface area contributed by atoms with E-state index in [4.69, 9.17) is 18.0 Å². The number of thiocarbonyl (C=S) groups is 1. The Hall–Kier alpha value is -0.460. The van der Waals surface area contributed by atoms with Crippen LogP contribution in [0.5, 0.6) is 0 Å². The van der Waals surface area contributed by atoms with E-state index in [9.17, 15) is 4.79 Å². The summed E-state index contributed by atoms with van der Waals surface area (Å²) in [5.41, 5.74) is 6.01. The van der Waals surface area contributed by atoms with Crippen molar-refractivity contribution in [1.82, 2.24) is 5.32 Å². The monoisotopic (exact) mass is 432 g/mol. The highest BCUT2D eigenvalue weighted by Crippen LogP contribution is 2.28. The third kappa shape index (κ3) is 4.27. The molecule has 0 spiro atoms. The molecule has 3 N–H and O–H groups in total. The van der Waals surface area contributed by atoms with Gasteiger partial charge in [0, 0.05) is 14.5 Å². The Kier molecular flexibility index (Phi) is 5.80. The summed E-state index contributed by atoms with van der Waals surface area (Å²) >= 11 is 12.1. The van der Waals surface area contributed by atoms with Crippen molar-refractivity contribution in [1.29, 1.82) is 0 Å². The van der Waals surface area contributed by atoms with Crippen molar-refractivity contribution in [3.8, 4) is 0 Å². The number of carbonyl (C=O) groups excluding carboxylic acids is 1. The molecule has 1 fully saturated rings. The van der Waals surface area contributed by atoms with Gasteiger partial charge >= 0.3 is 0 Å². The lowest BCUT2D eigenvalue weighted by atomic mass is 9.89. The molecule has 1 amide bonds. The SMILES string of the molecule is NC(=S)C1(NC(=O)c2cc(Br)cc(Br)c2)CCCCCC1. The fourth-order valence-electron chi connectivity index (χ4n) is 2.74. The van der Waals surface area contributed by atoms with Crippen LogP contribution in [0, 0.1) is 0 Å². The lowest BCUT2D eigenvalue weighted by Crippen LogP contribution is -2.56. The van der Waals surface area contributed by atoms with Crippen molar-refractivity contribution in [2.24, 2.45) is 5.73 Å². The zero-order valence-corrected chi connectivity index (χ0v) is 15.6. The topological polar surface area (TPSA) is 55.1 Å².